The number of hydrogen-bond donors (Lipinski definition) is 0. The van der Waals surface area contributed by atoms with Gasteiger partial charge < -0.3 is 17.7 Å². The van der Waals surface area contributed by atoms with E-state index in [1.54, 1.807) is 24.3 Å². The standard InChI is InChI=1S/C14H10BF3NO/c16-15(17,18)13-5-7-14(8-6-13)20-10-12-3-1-11(9-19)2-4-12/h1-8H,10H2/q-1. The fraction of sp³-hybridized carbons (Fsp3) is 0.0714. The Morgan fingerprint density at radius 2 is 1.55 bits per heavy atom. The van der Waals surface area contributed by atoms with Crippen LogP contribution in [0.5, 0.6) is 5.75 Å². The van der Waals surface area contributed by atoms with Crippen LogP contribution in [-0.4, -0.2) is 6.98 Å². The van der Waals surface area contributed by atoms with Gasteiger partial charge >= 0.3 is 6.98 Å². The van der Waals surface area contributed by atoms with Crippen molar-refractivity contribution in [3.8, 4) is 11.8 Å². The Morgan fingerprint density at radius 3 is 2.05 bits per heavy atom. The molecule has 0 aromatic heterocycles. The molecule has 6 heteroatoms. The highest BCUT2D eigenvalue weighted by Gasteiger charge is 2.24. The molecule has 0 bridgehead atoms. The average Bonchev–Trinajstić information content (AvgIpc) is 2.45. The van der Waals surface area contributed by atoms with Gasteiger partial charge in [-0.15, -0.1) is 5.46 Å². The Hall–Kier alpha value is -2.42. The Kier molecular flexibility index (Phi) is 3.99. The molecule has 0 radical (unpaired) electrons. The van der Waals surface area contributed by atoms with Crippen molar-refractivity contribution >= 4 is 12.4 Å². The molecule has 0 amide bonds. The first kappa shape index (κ1) is 14.0. The minimum Gasteiger partial charge on any atom is -0.489 e. The molecule has 2 rings (SSSR count). The van der Waals surface area contributed by atoms with Crippen LogP contribution in [0.3, 0.4) is 0 Å². The molecule has 2 aromatic rings. The number of rotatable bonds is 4. The molecule has 0 unspecified atom stereocenters. The Bertz CT molecular complexity index is 615. The zero-order valence-electron chi connectivity index (χ0n) is 10.4. The third-order valence-electron chi connectivity index (χ3n) is 2.75. The second-order valence-electron chi connectivity index (χ2n) is 4.24. The van der Waals surface area contributed by atoms with E-state index >= 15 is 0 Å². The lowest BCUT2D eigenvalue weighted by molar-refractivity contribution is 0.306. The van der Waals surface area contributed by atoms with Crippen LogP contribution in [0.2, 0.25) is 0 Å². The van der Waals surface area contributed by atoms with E-state index in [4.69, 9.17) is 10.00 Å². The molecule has 0 aliphatic heterocycles. The summed E-state index contributed by atoms with van der Waals surface area (Å²) in [5.41, 5.74) is 0.745. The van der Waals surface area contributed by atoms with E-state index in [2.05, 4.69) is 0 Å². The summed E-state index contributed by atoms with van der Waals surface area (Å²) in [5.74, 6) is 0.373. The number of nitriles is 1. The molecule has 20 heavy (non-hydrogen) atoms. The maximum Gasteiger partial charge on any atom is 0.509 e. The Labute approximate surface area is 114 Å². The lowest BCUT2D eigenvalue weighted by Gasteiger charge is -2.15. The fourth-order valence-electron chi connectivity index (χ4n) is 1.62. The van der Waals surface area contributed by atoms with E-state index in [1.807, 2.05) is 6.07 Å². The fourth-order valence-corrected chi connectivity index (χ4v) is 1.62. The van der Waals surface area contributed by atoms with Crippen LogP contribution >= 0.6 is 0 Å². The highest BCUT2D eigenvalue weighted by molar-refractivity contribution is 6.73. The van der Waals surface area contributed by atoms with Gasteiger partial charge in [-0.3, -0.25) is 0 Å². The molecular weight excluding hydrogens is 266 g/mol. The summed E-state index contributed by atoms with van der Waals surface area (Å²) in [4.78, 5) is 0. The van der Waals surface area contributed by atoms with Crippen molar-refractivity contribution in [1.29, 1.82) is 5.26 Å². The number of ether oxygens (including phenoxy) is 1. The summed E-state index contributed by atoms with van der Waals surface area (Å²) in [7, 11) is 0. The van der Waals surface area contributed by atoms with E-state index in [0.717, 1.165) is 17.7 Å². The van der Waals surface area contributed by atoms with Gasteiger partial charge in [-0.25, -0.2) is 0 Å². The van der Waals surface area contributed by atoms with Gasteiger partial charge in [0, 0.05) is 0 Å². The molecule has 2 aromatic carbocycles. The van der Waals surface area contributed by atoms with Crippen LogP contribution in [0.25, 0.3) is 0 Å². The van der Waals surface area contributed by atoms with Gasteiger partial charge in [-0.1, -0.05) is 24.3 Å². The molecule has 102 valence electrons. The molecule has 2 nitrogen and oxygen atoms in total. The number of hydrogen-bond acceptors (Lipinski definition) is 2. The van der Waals surface area contributed by atoms with Crippen LogP contribution in [0, 0.1) is 11.3 Å². The number of benzene rings is 2. The second-order valence-corrected chi connectivity index (χ2v) is 4.24. The lowest BCUT2D eigenvalue weighted by Crippen LogP contribution is -2.33. The zero-order chi connectivity index (χ0) is 14.6. The van der Waals surface area contributed by atoms with E-state index < -0.39 is 12.4 Å². The van der Waals surface area contributed by atoms with Crippen molar-refractivity contribution in [2.75, 3.05) is 0 Å². The van der Waals surface area contributed by atoms with Gasteiger partial charge in [-0.05, 0) is 29.8 Å². The highest BCUT2D eigenvalue weighted by atomic mass is 19.4. The van der Waals surface area contributed by atoms with Crippen LogP contribution in [0.4, 0.5) is 12.9 Å². The molecule has 0 atom stereocenters. The molecular formula is C14H10BF3NO-. The van der Waals surface area contributed by atoms with Gasteiger partial charge in [0.1, 0.15) is 12.4 Å². The largest absolute Gasteiger partial charge is 0.509 e. The minimum absolute atomic E-state index is 0.238. The van der Waals surface area contributed by atoms with Crippen LogP contribution < -0.4 is 10.2 Å². The average molecular weight is 276 g/mol. The predicted molar refractivity (Wildman–Crippen MR) is 70.6 cm³/mol. The van der Waals surface area contributed by atoms with Gasteiger partial charge in [0.05, 0.1) is 11.6 Å². The van der Waals surface area contributed by atoms with Gasteiger partial charge in [0.2, 0.25) is 0 Å². The Balaban J connectivity index is 1.98. The molecule has 0 fully saturated rings. The third kappa shape index (κ3) is 3.54. The van der Waals surface area contributed by atoms with Crippen molar-refractivity contribution < 1.29 is 17.7 Å². The highest BCUT2D eigenvalue weighted by Crippen LogP contribution is 2.15. The predicted octanol–water partition coefficient (Wildman–Crippen LogP) is 3.19. The van der Waals surface area contributed by atoms with Crippen LogP contribution in [-0.2, 0) is 6.61 Å². The van der Waals surface area contributed by atoms with Crippen molar-refractivity contribution in [1.82, 2.24) is 0 Å². The van der Waals surface area contributed by atoms with E-state index in [9.17, 15) is 12.9 Å². The zero-order valence-corrected chi connectivity index (χ0v) is 10.4. The minimum atomic E-state index is -4.97. The third-order valence-corrected chi connectivity index (χ3v) is 2.75. The summed E-state index contributed by atoms with van der Waals surface area (Å²) in [6, 6.07) is 13.4. The van der Waals surface area contributed by atoms with E-state index in [1.165, 1.54) is 12.1 Å². The van der Waals surface area contributed by atoms with Crippen LogP contribution in [0.15, 0.2) is 48.5 Å². The van der Waals surface area contributed by atoms with Crippen molar-refractivity contribution in [2.24, 2.45) is 0 Å². The van der Waals surface area contributed by atoms with Gasteiger partial charge in [-0.2, -0.15) is 5.26 Å². The van der Waals surface area contributed by atoms with Crippen LogP contribution in [0.1, 0.15) is 11.1 Å². The molecule has 0 aliphatic carbocycles. The van der Waals surface area contributed by atoms with E-state index in [0.29, 0.717) is 11.3 Å². The van der Waals surface area contributed by atoms with Crippen molar-refractivity contribution in [2.45, 2.75) is 6.61 Å². The number of halogens is 3. The monoisotopic (exact) mass is 276 g/mol. The molecule has 0 heterocycles. The van der Waals surface area contributed by atoms with Gasteiger partial charge in [0.15, 0.2) is 0 Å². The SMILES string of the molecule is N#Cc1ccc(COc2ccc([B-](F)(F)F)cc2)cc1. The summed E-state index contributed by atoms with van der Waals surface area (Å²) in [5, 5.41) is 8.66. The summed E-state index contributed by atoms with van der Waals surface area (Å²) in [6.45, 7) is -4.73. The Morgan fingerprint density at radius 1 is 0.950 bits per heavy atom. The first-order valence-electron chi connectivity index (χ1n) is 5.91. The molecule has 0 aliphatic rings. The summed E-state index contributed by atoms with van der Waals surface area (Å²) >= 11 is 0. The van der Waals surface area contributed by atoms with Crippen molar-refractivity contribution in [3.63, 3.8) is 0 Å². The molecule has 0 spiro atoms. The first-order chi connectivity index (χ1) is 9.49. The maximum absolute atomic E-state index is 12.4. The normalized spacial score (nSPS) is 10.9. The lowest BCUT2D eigenvalue weighted by atomic mass is 9.80. The molecule has 0 N–H and O–H groups in total. The van der Waals surface area contributed by atoms with Gasteiger partial charge in [0.25, 0.3) is 0 Å². The van der Waals surface area contributed by atoms with E-state index in [-0.39, 0.29) is 6.61 Å². The summed E-state index contributed by atoms with van der Waals surface area (Å²) < 4.78 is 42.7. The smallest absolute Gasteiger partial charge is 0.489 e. The second kappa shape index (κ2) is 5.70. The maximum atomic E-state index is 12.4. The molecule has 0 saturated carbocycles. The number of nitrogens with zero attached hydrogens (tertiary/aromatic N) is 1. The summed E-state index contributed by atoms with van der Waals surface area (Å²) in [6.07, 6.45) is 0. The van der Waals surface area contributed by atoms with Crippen molar-refractivity contribution in [3.05, 3.63) is 59.7 Å². The first-order valence-corrected chi connectivity index (χ1v) is 5.91. The topological polar surface area (TPSA) is 33.0 Å². The molecule has 0 saturated heterocycles. The quantitative estimate of drug-likeness (QED) is 0.803.